The van der Waals surface area contributed by atoms with Crippen molar-refractivity contribution in [3.8, 4) is 5.75 Å². The van der Waals surface area contributed by atoms with Crippen LogP contribution in [-0.4, -0.2) is 22.3 Å². The van der Waals surface area contributed by atoms with E-state index in [-0.39, 0.29) is 0 Å². The largest absolute Gasteiger partial charge is 0.497 e. The van der Waals surface area contributed by atoms with Crippen molar-refractivity contribution in [2.24, 2.45) is 0 Å². The molecule has 0 atom stereocenters. The van der Waals surface area contributed by atoms with E-state index in [0.29, 0.717) is 18.3 Å². The molecule has 0 radical (unpaired) electrons. The number of nitrogens with zero attached hydrogens (tertiary/aromatic N) is 4. The number of methoxy groups -OCH3 is 1. The first kappa shape index (κ1) is 18.4. The van der Waals surface area contributed by atoms with Crippen LogP contribution < -0.4 is 15.0 Å². The van der Waals surface area contributed by atoms with Crippen molar-refractivity contribution in [2.45, 2.75) is 6.54 Å². The molecule has 0 aliphatic carbocycles. The normalized spacial score (nSPS) is 10.4. The lowest BCUT2D eigenvalue weighted by Gasteiger charge is -2.22. The zero-order valence-corrected chi connectivity index (χ0v) is 16.1. The maximum absolute atomic E-state index is 5.28. The van der Waals surface area contributed by atoms with E-state index in [1.54, 1.807) is 13.3 Å². The summed E-state index contributed by atoms with van der Waals surface area (Å²) >= 11 is 0. The van der Waals surface area contributed by atoms with Crippen molar-refractivity contribution in [1.29, 1.82) is 0 Å². The fourth-order valence-electron chi connectivity index (χ4n) is 2.97. The smallest absolute Gasteiger partial charge is 0.252 e. The Kier molecular flexibility index (Phi) is 5.62. The summed E-state index contributed by atoms with van der Waals surface area (Å²) in [6.45, 7) is 0.634. The standard InChI is InChI=1S/C23H21N5O/c1-29-21-14-8-11-19(15-21)25-22-16-24-27-23(26-22)28(20-12-6-3-7-13-20)17-18-9-4-2-5-10-18/h2-16H,17H2,1H3,(H,25,26,27). The van der Waals surface area contributed by atoms with Gasteiger partial charge in [-0.05, 0) is 29.8 Å². The van der Waals surface area contributed by atoms with E-state index in [1.165, 1.54) is 0 Å². The maximum Gasteiger partial charge on any atom is 0.252 e. The predicted molar refractivity (Wildman–Crippen MR) is 115 cm³/mol. The number of hydrogen-bond acceptors (Lipinski definition) is 6. The van der Waals surface area contributed by atoms with Gasteiger partial charge < -0.3 is 15.0 Å². The molecule has 29 heavy (non-hydrogen) atoms. The molecule has 6 heteroatoms. The minimum atomic E-state index is 0.521. The molecule has 0 aliphatic heterocycles. The Hall–Kier alpha value is -3.93. The summed E-state index contributed by atoms with van der Waals surface area (Å²) in [6, 6.07) is 28.0. The van der Waals surface area contributed by atoms with E-state index >= 15 is 0 Å². The van der Waals surface area contributed by atoms with Gasteiger partial charge in [0.2, 0.25) is 0 Å². The van der Waals surface area contributed by atoms with Crippen molar-refractivity contribution < 1.29 is 4.74 Å². The van der Waals surface area contributed by atoms with Crippen molar-refractivity contribution >= 4 is 23.1 Å². The van der Waals surface area contributed by atoms with Gasteiger partial charge in [-0.25, -0.2) is 0 Å². The van der Waals surface area contributed by atoms with Gasteiger partial charge in [0.25, 0.3) is 5.95 Å². The second-order valence-corrected chi connectivity index (χ2v) is 6.41. The van der Waals surface area contributed by atoms with Gasteiger partial charge in [-0.3, -0.25) is 0 Å². The molecule has 0 fully saturated rings. The highest BCUT2D eigenvalue weighted by atomic mass is 16.5. The molecule has 0 unspecified atom stereocenters. The van der Waals surface area contributed by atoms with Crippen molar-refractivity contribution in [1.82, 2.24) is 15.2 Å². The van der Waals surface area contributed by atoms with Gasteiger partial charge in [0.05, 0.1) is 19.9 Å². The number of hydrogen-bond donors (Lipinski definition) is 1. The second-order valence-electron chi connectivity index (χ2n) is 6.41. The van der Waals surface area contributed by atoms with Crippen LogP contribution in [0.3, 0.4) is 0 Å². The molecular formula is C23H21N5O. The second kappa shape index (κ2) is 8.84. The summed E-state index contributed by atoms with van der Waals surface area (Å²) in [7, 11) is 1.64. The first-order chi connectivity index (χ1) is 14.3. The van der Waals surface area contributed by atoms with Crippen LogP contribution in [0.5, 0.6) is 5.75 Å². The predicted octanol–water partition coefficient (Wildman–Crippen LogP) is 4.96. The van der Waals surface area contributed by atoms with Gasteiger partial charge in [-0.2, -0.15) is 10.1 Å². The van der Waals surface area contributed by atoms with Crippen molar-refractivity contribution in [3.63, 3.8) is 0 Å². The quantitative estimate of drug-likeness (QED) is 0.486. The minimum absolute atomic E-state index is 0.521. The Morgan fingerprint density at radius 1 is 0.897 bits per heavy atom. The Labute approximate surface area is 169 Å². The van der Waals surface area contributed by atoms with E-state index in [1.807, 2.05) is 77.7 Å². The van der Waals surface area contributed by atoms with Gasteiger partial charge in [0.1, 0.15) is 5.75 Å². The Morgan fingerprint density at radius 3 is 2.41 bits per heavy atom. The van der Waals surface area contributed by atoms with Gasteiger partial charge >= 0.3 is 0 Å². The molecular weight excluding hydrogens is 362 g/mol. The Balaban J connectivity index is 1.65. The molecule has 0 saturated heterocycles. The molecule has 1 N–H and O–H groups in total. The molecule has 3 aromatic carbocycles. The number of para-hydroxylation sites is 1. The number of aromatic nitrogens is 3. The van der Waals surface area contributed by atoms with Gasteiger partial charge in [-0.15, -0.1) is 5.10 Å². The van der Waals surface area contributed by atoms with Crippen LogP contribution in [0.1, 0.15) is 5.56 Å². The zero-order chi connectivity index (χ0) is 19.9. The fourth-order valence-corrected chi connectivity index (χ4v) is 2.97. The maximum atomic E-state index is 5.28. The SMILES string of the molecule is COc1cccc(Nc2cnnc(N(Cc3ccccc3)c3ccccc3)n2)c1. The number of ether oxygens (including phenoxy) is 1. The lowest BCUT2D eigenvalue weighted by molar-refractivity contribution is 0.415. The van der Waals surface area contributed by atoms with Crippen LogP contribution >= 0.6 is 0 Å². The lowest BCUT2D eigenvalue weighted by atomic mass is 10.2. The third-order valence-electron chi connectivity index (χ3n) is 4.38. The van der Waals surface area contributed by atoms with Crippen LogP contribution in [0.2, 0.25) is 0 Å². The topological polar surface area (TPSA) is 63.2 Å². The van der Waals surface area contributed by atoms with Crippen LogP contribution in [-0.2, 0) is 6.54 Å². The van der Waals surface area contributed by atoms with Crippen LogP contribution in [0, 0.1) is 0 Å². The van der Waals surface area contributed by atoms with Crippen LogP contribution in [0.15, 0.2) is 91.1 Å². The number of benzene rings is 3. The molecule has 0 spiro atoms. The fraction of sp³-hybridized carbons (Fsp3) is 0.0870. The molecule has 0 aliphatic rings. The first-order valence-electron chi connectivity index (χ1n) is 9.29. The van der Waals surface area contributed by atoms with E-state index in [2.05, 4.69) is 27.6 Å². The van der Waals surface area contributed by atoms with Crippen LogP contribution in [0.25, 0.3) is 0 Å². The molecule has 1 aromatic heterocycles. The molecule has 4 aromatic rings. The highest BCUT2D eigenvalue weighted by Crippen LogP contribution is 2.26. The monoisotopic (exact) mass is 383 g/mol. The average Bonchev–Trinajstić information content (AvgIpc) is 2.79. The molecule has 144 valence electrons. The zero-order valence-electron chi connectivity index (χ0n) is 16.1. The lowest BCUT2D eigenvalue weighted by Crippen LogP contribution is -2.20. The van der Waals surface area contributed by atoms with E-state index in [0.717, 1.165) is 22.7 Å². The highest BCUT2D eigenvalue weighted by molar-refractivity contribution is 5.61. The summed E-state index contributed by atoms with van der Waals surface area (Å²) in [5, 5.41) is 11.7. The average molecular weight is 383 g/mol. The van der Waals surface area contributed by atoms with Gasteiger partial charge in [0, 0.05) is 17.4 Å². The summed E-state index contributed by atoms with van der Waals surface area (Å²) in [5.74, 6) is 1.90. The number of anilines is 4. The molecule has 1 heterocycles. The first-order valence-corrected chi connectivity index (χ1v) is 9.29. The van der Waals surface area contributed by atoms with E-state index in [9.17, 15) is 0 Å². The van der Waals surface area contributed by atoms with Gasteiger partial charge in [-0.1, -0.05) is 54.6 Å². The summed E-state index contributed by atoms with van der Waals surface area (Å²) in [4.78, 5) is 6.74. The van der Waals surface area contributed by atoms with Crippen LogP contribution in [0.4, 0.5) is 23.1 Å². The third-order valence-corrected chi connectivity index (χ3v) is 4.38. The molecule has 6 nitrogen and oxygen atoms in total. The highest BCUT2D eigenvalue weighted by Gasteiger charge is 2.14. The molecule has 4 rings (SSSR count). The summed E-state index contributed by atoms with van der Waals surface area (Å²) in [5.41, 5.74) is 3.02. The number of rotatable bonds is 7. The number of nitrogens with one attached hydrogen (secondary N) is 1. The molecule has 0 saturated carbocycles. The summed E-state index contributed by atoms with van der Waals surface area (Å²) < 4.78 is 5.28. The Bertz CT molecular complexity index is 1060. The van der Waals surface area contributed by atoms with Gasteiger partial charge in [0.15, 0.2) is 5.82 Å². The van der Waals surface area contributed by atoms with E-state index < -0.39 is 0 Å². The molecule has 0 amide bonds. The summed E-state index contributed by atoms with van der Waals surface area (Å²) in [6.07, 6.45) is 1.61. The third kappa shape index (κ3) is 4.68. The Morgan fingerprint density at radius 2 is 1.66 bits per heavy atom. The van der Waals surface area contributed by atoms with E-state index in [4.69, 9.17) is 9.72 Å². The van der Waals surface area contributed by atoms with Crippen molar-refractivity contribution in [2.75, 3.05) is 17.3 Å². The minimum Gasteiger partial charge on any atom is -0.497 e. The van der Waals surface area contributed by atoms with Crippen molar-refractivity contribution in [3.05, 3.63) is 96.7 Å². The molecule has 0 bridgehead atoms.